The van der Waals surface area contributed by atoms with Crippen LogP contribution in [-0.2, 0) is 16.0 Å². The first-order chi connectivity index (χ1) is 13.0. The first-order valence-corrected chi connectivity index (χ1v) is 9.05. The normalized spacial score (nSPS) is 20.6. The van der Waals surface area contributed by atoms with Gasteiger partial charge in [-0.2, -0.15) is 0 Å². The fourth-order valence-electron chi connectivity index (χ4n) is 3.52. The molecule has 2 aliphatic carbocycles. The summed E-state index contributed by atoms with van der Waals surface area (Å²) in [7, 11) is 0. The number of carbonyl (C=O) groups excluding carboxylic acids is 2. The minimum atomic E-state index is -0.922. The molecule has 1 fully saturated rings. The Hall–Kier alpha value is -3.15. The van der Waals surface area contributed by atoms with Crippen LogP contribution < -0.4 is 10.6 Å². The van der Waals surface area contributed by atoms with E-state index >= 15 is 0 Å². The molecule has 2 amide bonds. The van der Waals surface area contributed by atoms with Crippen molar-refractivity contribution < 1.29 is 19.5 Å². The highest BCUT2D eigenvalue weighted by atomic mass is 16.4. The molecule has 4 rings (SSSR count). The summed E-state index contributed by atoms with van der Waals surface area (Å²) in [4.78, 5) is 36.0. The van der Waals surface area contributed by atoms with Gasteiger partial charge in [-0.3, -0.25) is 14.4 Å². The number of carboxylic acids is 1. The Morgan fingerprint density at radius 2 is 1.67 bits per heavy atom. The maximum absolute atomic E-state index is 12.6. The number of anilines is 1. The third kappa shape index (κ3) is 3.56. The monoisotopic (exact) mass is 364 g/mol. The zero-order valence-corrected chi connectivity index (χ0v) is 14.6. The van der Waals surface area contributed by atoms with E-state index in [1.807, 2.05) is 24.3 Å². The number of aliphatic carboxylic acids is 1. The maximum atomic E-state index is 12.6. The smallest absolute Gasteiger partial charge is 0.309 e. The summed E-state index contributed by atoms with van der Waals surface area (Å²) < 4.78 is 0. The first-order valence-electron chi connectivity index (χ1n) is 9.05. The van der Waals surface area contributed by atoms with E-state index in [1.165, 1.54) is 0 Å². The molecule has 2 aliphatic rings. The van der Waals surface area contributed by atoms with Gasteiger partial charge in [0.1, 0.15) is 0 Å². The summed E-state index contributed by atoms with van der Waals surface area (Å²) in [6.45, 7) is 0. The van der Waals surface area contributed by atoms with Gasteiger partial charge in [0.25, 0.3) is 5.91 Å². The molecule has 0 aromatic heterocycles. The quantitative estimate of drug-likeness (QED) is 0.760. The summed E-state index contributed by atoms with van der Waals surface area (Å²) in [5.74, 6) is -1.80. The van der Waals surface area contributed by atoms with Gasteiger partial charge in [0, 0.05) is 17.2 Å². The molecular weight excluding hydrogens is 344 g/mol. The lowest BCUT2D eigenvalue weighted by Gasteiger charge is -2.19. The number of carboxylic acid groups (broad SMARTS) is 1. The SMILES string of the molecule is O=C(NC1c2ccccc2CC1C(=O)O)c1ccc(NC(=O)C2CC2)cc1. The average Bonchev–Trinajstić information content (AvgIpc) is 3.45. The van der Waals surface area contributed by atoms with Gasteiger partial charge in [-0.05, 0) is 54.7 Å². The number of nitrogens with one attached hydrogen (secondary N) is 2. The van der Waals surface area contributed by atoms with Crippen LogP contribution in [0.1, 0.15) is 40.4 Å². The van der Waals surface area contributed by atoms with Crippen LogP contribution >= 0.6 is 0 Å². The fourth-order valence-corrected chi connectivity index (χ4v) is 3.52. The predicted molar refractivity (Wildman–Crippen MR) is 99.3 cm³/mol. The van der Waals surface area contributed by atoms with E-state index in [1.54, 1.807) is 24.3 Å². The van der Waals surface area contributed by atoms with Gasteiger partial charge in [-0.25, -0.2) is 0 Å². The third-order valence-electron chi connectivity index (χ3n) is 5.20. The molecular formula is C21H20N2O4. The van der Waals surface area contributed by atoms with E-state index < -0.39 is 17.9 Å². The molecule has 27 heavy (non-hydrogen) atoms. The number of hydrogen-bond donors (Lipinski definition) is 3. The summed E-state index contributed by atoms with van der Waals surface area (Å²) in [5, 5.41) is 15.2. The molecule has 0 saturated heterocycles. The lowest BCUT2D eigenvalue weighted by molar-refractivity contribution is -0.142. The topological polar surface area (TPSA) is 95.5 Å². The van der Waals surface area contributed by atoms with E-state index in [2.05, 4.69) is 10.6 Å². The Kier molecular flexibility index (Phi) is 4.39. The van der Waals surface area contributed by atoms with E-state index in [4.69, 9.17) is 0 Å². The molecule has 0 spiro atoms. The van der Waals surface area contributed by atoms with Crippen molar-refractivity contribution in [3.63, 3.8) is 0 Å². The molecule has 2 aromatic carbocycles. The molecule has 2 unspecified atom stereocenters. The van der Waals surface area contributed by atoms with Crippen LogP contribution in [0.15, 0.2) is 48.5 Å². The van der Waals surface area contributed by atoms with Crippen molar-refractivity contribution in [2.24, 2.45) is 11.8 Å². The number of fused-ring (bicyclic) bond motifs is 1. The van der Waals surface area contributed by atoms with Crippen LogP contribution in [0, 0.1) is 11.8 Å². The highest BCUT2D eigenvalue weighted by Crippen LogP contribution is 2.36. The number of rotatable bonds is 5. The number of carbonyl (C=O) groups is 3. The molecule has 0 bridgehead atoms. The van der Waals surface area contributed by atoms with Gasteiger partial charge >= 0.3 is 5.97 Å². The Bertz CT molecular complexity index is 903. The van der Waals surface area contributed by atoms with Crippen LogP contribution in [0.5, 0.6) is 0 Å². The lowest BCUT2D eigenvalue weighted by Crippen LogP contribution is -2.34. The summed E-state index contributed by atoms with van der Waals surface area (Å²) >= 11 is 0. The molecule has 138 valence electrons. The zero-order valence-electron chi connectivity index (χ0n) is 14.6. The van der Waals surface area contributed by atoms with Gasteiger partial charge in [-0.15, -0.1) is 0 Å². The van der Waals surface area contributed by atoms with Gasteiger partial charge in [-0.1, -0.05) is 24.3 Å². The van der Waals surface area contributed by atoms with Crippen LogP contribution in [0.2, 0.25) is 0 Å². The maximum Gasteiger partial charge on any atom is 0.309 e. The minimum Gasteiger partial charge on any atom is -0.481 e. The van der Waals surface area contributed by atoms with Crippen LogP contribution in [-0.4, -0.2) is 22.9 Å². The molecule has 6 nitrogen and oxygen atoms in total. The van der Waals surface area contributed by atoms with Gasteiger partial charge in [0.2, 0.25) is 5.91 Å². The summed E-state index contributed by atoms with van der Waals surface area (Å²) in [5.41, 5.74) is 2.88. The van der Waals surface area contributed by atoms with Crippen molar-refractivity contribution in [1.82, 2.24) is 5.32 Å². The van der Waals surface area contributed by atoms with E-state index in [-0.39, 0.29) is 17.7 Å². The summed E-state index contributed by atoms with van der Waals surface area (Å²) in [6.07, 6.45) is 2.27. The van der Waals surface area contributed by atoms with Crippen molar-refractivity contribution in [3.8, 4) is 0 Å². The minimum absolute atomic E-state index is 0.0130. The Balaban J connectivity index is 1.47. The van der Waals surface area contributed by atoms with Crippen molar-refractivity contribution in [1.29, 1.82) is 0 Å². The molecule has 6 heteroatoms. The van der Waals surface area contributed by atoms with E-state index in [0.717, 1.165) is 24.0 Å². The second-order valence-electron chi connectivity index (χ2n) is 7.14. The number of amides is 2. The average molecular weight is 364 g/mol. The van der Waals surface area contributed by atoms with Gasteiger partial charge in [0.15, 0.2) is 0 Å². The number of benzene rings is 2. The zero-order chi connectivity index (χ0) is 19.0. The lowest BCUT2D eigenvalue weighted by atomic mass is 10.00. The predicted octanol–water partition coefficient (Wildman–Crippen LogP) is 2.76. The molecule has 3 N–H and O–H groups in total. The fraction of sp³-hybridized carbons (Fsp3) is 0.286. The Morgan fingerprint density at radius 1 is 0.963 bits per heavy atom. The standard InChI is InChI=1S/C21H20N2O4/c24-19(12-5-6-12)22-15-9-7-13(8-10-15)20(25)23-18-16-4-2-1-3-14(16)11-17(18)21(26)27/h1-4,7-10,12,17-18H,5-6,11H2,(H,22,24)(H,23,25)(H,26,27). The van der Waals surface area contributed by atoms with E-state index in [0.29, 0.717) is 17.7 Å². The van der Waals surface area contributed by atoms with Crippen LogP contribution in [0.25, 0.3) is 0 Å². The molecule has 0 heterocycles. The molecule has 0 aliphatic heterocycles. The van der Waals surface area contributed by atoms with Crippen molar-refractivity contribution >= 4 is 23.5 Å². The number of hydrogen-bond acceptors (Lipinski definition) is 3. The van der Waals surface area contributed by atoms with E-state index in [9.17, 15) is 19.5 Å². The largest absolute Gasteiger partial charge is 0.481 e. The van der Waals surface area contributed by atoms with Crippen molar-refractivity contribution in [3.05, 3.63) is 65.2 Å². The molecule has 0 radical (unpaired) electrons. The Morgan fingerprint density at radius 3 is 2.33 bits per heavy atom. The second kappa shape index (κ2) is 6.87. The second-order valence-corrected chi connectivity index (χ2v) is 7.14. The summed E-state index contributed by atoms with van der Waals surface area (Å²) in [6, 6.07) is 13.6. The third-order valence-corrected chi connectivity index (χ3v) is 5.20. The highest BCUT2D eigenvalue weighted by molar-refractivity contribution is 5.97. The van der Waals surface area contributed by atoms with Crippen molar-refractivity contribution in [2.75, 3.05) is 5.32 Å². The molecule has 1 saturated carbocycles. The van der Waals surface area contributed by atoms with Crippen LogP contribution in [0.3, 0.4) is 0 Å². The highest BCUT2D eigenvalue weighted by Gasteiger charge is 2.38. The van der Waals surface area contributed by atoms with Crippen molar-refractivity contribution in [2.45, 2.75) is 25.3 Å². The Labute approximate surface area is 156 Å². The van der Waals surface area contributed by atoms with Crippen LogP contribution in [0.4, 0.5) is 5.69 Å². The first kappa shape index (κ1) is 17.3. The van der Waals surface area contributed by atoms with Gasteiger partial charge < -0.3 is 15.7 Å². The molecule has 2 atom stereocenters. The van der Waals surface area contributed by atoms with Gasteiger partial charge in [0.05, 0.1) is 12.0 Å². The molecule has 2 aromatic rings.